The highest BCUT2D eigenvalue weighted by atomic mass is 32.1. The van der Waals surface area contributed by atoms with Gasteiger partial charge in [0.15, 0.2) is 5.11 Å². The van der Waals surface area contributed by atoms with Gasteiger partial charge in [-0.15, -0.1) is 0 Å². The molecule has 4 aromatic rings. The number of hydrogen-bond acceptors (Lipinski definition) is 3. The molecule has 1 aromatic carbocycles. The quantitative estimate of drug-likeness (QED) is 0.412. The first-order valence-electron chi connectivity index (χ1n) is 11.2. The summed E-state index contributed by atoms with van der Waals surface area (Å²) in [7, 11) is 0. The second-order valence-corrected chi connectivity index (χ2v) is 8.95. The van der Waals surface area contributed by atoms with Crippen molar-refractivity contribution in [2.75, 3.05) is 0 Å². The molecule has 0 radical (unpaired) electrons. The van der Waals surface area contributed by atoms with E-state index in [0.717, 1.165) is 16.4 Å². The molecule has 3 aromatic heterocycles. The number of nitrogens with zero attached hydrogens (tertiary/aromatic N) is 4. The van der Waals surface area contributed by atoms with Crippen molar-refractivity contribution in [1.82, 2.24) is 24.8 Å². The Labute approximate surface area is 200 Å². The Balaban J connectivity index is 1.63. The number of thiocarbonyl (C=S) groups is 1. The highest BCUT2D eigenvalue weighted by Crippen LogP contribution is 2.42. The number of aromatic nitrogens is 3. The third-order valence-electron chi connectivity index (χ3n) is 6.42. The van der Waals surface area contributed by atoms with Crippen LogP contribution in [0.2, 0.25) is 0 Å². The summed E-state index contributed by atoms with van der Waals surface area (Å²) in [6.07, 6.45) is 5.55. The fourth-order valence-corrected chi connectivity index (χ4v) is 5.18. The predicted octanol–water partition coefficient (Wildman–Crippen LogP) is 5.37. The summed E-state index contributed by atoms with van der Waals surface area (Å²) in [5.41, 5.74) is 8.24. The normalized spacial score (nSPS) is 17.9. The van der Waals surface area contributed by atoms with Gasteiger partial charge >= 0.3 is 0 Å². The van der Waals surface area contributed by atoms with E-state index in [-0.39, 0.29) is 12.1 Å². The maximum absolute atomic E-state index is 5.85. The lowest BCUT2D eigenvalue weighted by Crippen LogP contribution is -2.29. The van der Waals surface area contributed by atoms with Crippen LogP contribution in [0.15, 0.2) is 79.3 Å². The molecule has 0 aliphatic carbocycles. The Hall–Kier alpha value is -3.51. The average Bonchev–Trinajstić information content (AvgIpc) is 3.30. The fourth-order valence-electron chi connectivity index (χ4n) is 4.87. The van der Waals surface area contributed by atoms with Crippen LogP contribution in [-0.2, 0) is 6.54 Å². The van der Waals surface area contributed by atoms with Crippen molar-refractivity contribution in [3.8, 4) is 5.69 Å². The number of benzene rings is 1. The largest absolute Gasteiger partial charge is 0.352 e. The van der Waals surface area contributed by atoms with E-state index in [9.17, 15) is 0 Å². The highest BCUT2D eigenvalue weighted by molar-refractivity contribution is 7.80. The van der Waals surface area contributed by atoms with Crippen molar-refractivity contribution in [1.29, 1.82) is 0 Å². The number of hydrogen-bond donors (Lipinski definition) is 1. The third kappa shape index (κ3) is 3.91. The zero-order valence-corrected chi connectivity index (χ0v) is 19.9. The number of para-hydroxylation sites is 1. The minimum absolute atomic E-state index is 0.0107. The van der Waals surface area contributed by atoms with Crippen molar-refractivity contribution < 1.29 is 0 Å². The van der Waals surface area contributed by atoms with Gasteiger partial charge in [0.1, 0.15) is 0 Å². The van der Waals surface area contributed by atoms with Gasteiger partial charge in [0.05, 0.1) is 17.8 Å². The molecule has 166 valence electrons. The van der Waals surface area contributed by atoms with E-state index in [2.05, 4.69) is 88.0 Å². The molecule has 0 bridgehead atoms. The summed E-state index contributed by atoms with van der Waals surface area (Å²) in [5, 5.41) is 4.30. The van der Waals surface area contributed by atoms with Crippen LogP contribution in [0.25, 0.3) is 5.69 Å². The number of nitrogens with one attached hydrogen (secondary N) is 1. The van der Waals surface area contributed by atoms with Crippen LogP contribution in [0.1, 0.15) is 45.9 Å². The van der Waals surface area contributed by atoms with Gasteiger partial charge in [0.25, 0.3) is 0 Å². The molecule has 1 fully saturated rings. The van der Waals surface area contributed by atoms with Crippen molar-refractivity contribution in [3.05, 3.63) is 113 Å². The highest BCUT2D eigenvalue weighted by Gasteiger charge is 2.41. The molecule has 33 heavy (non-hydrogen) atoms. The van der Waals surface area contributed by atoms with E-state index in [1.165, 1.54) is 28.2 Å². The van der Waals surface area contributed by atoms with Gasteiger partial charge < -0.3 is 14.8 Å². The second kappa shape index (κ2) is 8.79. The zero-order chi connectivity index (χ0) is 22.9. The lowest BCUT2D eigenvalue weighted by molar-refractivity contribution is 0.310. The summed E-state index contributed by atoms with van der Waals surface area (Å²) in [6, 6.07) is 20.9. The molecule has 6 heteroatoms. The fraction of sp³-hybridized carbons (Fsp3) is 0.222. The van der Waals surface area contributed by atoms with Crippen LogP contribution in [0, 0.1) is 20.8 Å². The third-order valence-corrected chi connectivity index (χ3v) is 6.77. The van der Waals surface area contributed by atoms with Gasteiger partial charge in [-0.2, -0.15) is 0 Å². The van der Waals surface area contributed by atoms with Gasteiger partial charge in [-0.05, 0) is 80.0 Å². The van der Waals surface area contributed by atoms with Crippen LogP contribution >= 0.6 is 12.2 Å². The summed E-state index contributed by atoms with van der Waals surface area (Å²) in [4.78, 5) is 11.3. The van der Waals surface area contributed by atoms with E-state index in [1.807, 2.05) is 30.6 Å². The molecule has 5 nitrogen and oxygen atoms in total. The summed E-state index contributed by atoms with van der Waals surface area (Å²) < 4.78 is 2.35. The van der Waals surface area contributed by atoms with Crippen molar-refractivity contribution in [2.24, 2.45) is 0 Å². The van der Waals surface area contributed by atoms with Crippen molar-refractivity contribution in [2.45, 2.75) is 39.4 Å². The first kappa shape index (κ1) is 21.3. The van der Waals surface area contributed by atoms with E-state index in [4.69, 9.17) is 12.2 Å². The summed E-state index contributed by atoms with van der Waals surface area (Å²) in [6.45, 7) is 7.21. The Kier molecular flexibility index (Phi) is 5.68. The van der Waals surface area contributed by atoms with Gasteiger partial charge in [-0.1, -0.05) is 30.3 Å². The molecule has 4 heterocycles. The second-order valence-electron chi connectivity index (χ2n) is 8.56. The van der Waals surface area contributed by atoms with Gasteiger partial charge in [0.2, 0.25) is 0 Å². The van der Waals surface area contributed by atoms with Crippen LogP contribution < -0.4 is 5.32 Å². The minimum Gasteiger partial charge on any atom is -0.352 e. The maximum Gasteiger partial charge on any atom is 0.170 e. The van der Waals surface area contributed by atoms with Gasteiger partial charge in [0, 0.05) is 42.2 Å². The molecule has 1 saturated heterocycles. The van der Waals surface area contributed by atoms with E-state index < -0.39 is 0 Å². The lowest BCUT2D eigenvalue weighted by atomic mass is 9.96. The molecule has 1 aliphatic heterocycles. The van der Waals surface area contributed by atoms with Crippen LogP contribution in [0.5, 0.6) is 0 Å². The molecule has 1 N–H and O–H groups in total. The molecular formula is C27H27N5S. The molecule has 0 amide bonds. The molecule has 0 spiro atoms. The molecular weight excluding hydrogens is 426 g/mol. The Morgan fingerprint density at radius 1 is 0.970 bits per heavy atom. The van der Waals surface area contributed by atoms with Crippen LogP contribution in [0.4, 0.5) is 0 Å². The monoisotopic (exact) mass is 453 g/mol. The average molecular weight is 454 g/mol. The lowest BCUT2D eigenvalue weighted by Gasteiger charge is -2.28. The smallest absolute Gasteiger partial charge is 0.170 e. The molecule has 5 rings (SSSR count). The van der Waals surface area contributed by atoms with Crippen LogP contribution in [-0.4, -0.2) is 24.5 Å². The van der Waals surface area contributed by atoms with Gasteiger partial charge in [-0.3, -0.25) is 9.97 Å². The number of rotatable bonds is 5. The van der Waals surface area contributed by atoms with Crippen molar-refractivity contribution >= 4 is 17.3 Å². The number of pyridine rings is 2. The zero-order valence-electron chi connectivity index (χ0n) is 19.1. The van der Waals surface area contributed by atoms with E-state index in [0.29, 0.717) is 6.54 Å². The molecule has 0 unspecified atom stereocenters. The first-order chi connectivity index (χ1) is 16.0. The SMILES string of the molecule is Cc1ccccc1-n1c(C)cc([C@H]2[C@@H](c3ccccn3)NC(=S)N2Cc2cccnc2)c1C. The molecule has 1 aliphatic rings. The van der Waals surface area contributed by atoms with E-state index in [1.54, 1.807) is 6.20 Å². The standard InChI is InChI=1S/C27H27N5S/c1-18-9-4-5-12-24(18)32-19(2)15-22(20(32)3)26-25(23-11-6-7-14-29-23)30-27(33)31(26)17-21-10-8-13-28-16-21/h4-16,25-26H,17H2,1-3H3,(H,30,33)/t25-,26+/m1/s1. The maximum atomic E-state index is 5.85. The predicted molar refractivity (Wildman–Crippen MR) is 135 cm³/mol. The topological polar surface area (TPSA) is 46.0 Å². The number of aryl methyl sites for hydroxylation is 2. The Morgan fingerprint density at radius 3 is 2.52 bits per heavy atom. The minimum atomic E-state index is -0.0406. The Bertz CT molecular complexity index is 1280. The van der Waals surface area contributed by atoms with E-state index >= 15 is 0 Å². The summed E-state index contributed by atoms with van der Waals surface area (Å²) in [5.74, 6) is 0. The Morgan fingerprint density at radius 2 is 1.79 bits per heavy atom. The molecule has 0 saturated carbocycles. The van der Waals surface area contributed by atoms with Gasteiger partial charge in [-0.25, -0.2) is 0 Å². The summed E-state index contributed by atoms with van der Waals surface area (Å²) >= 11 is 5.85. The molecule has 2 atom stereocenters. The first-order valence-corrected chi connectivity index (χ1v) is 11.6. The van der Waals surface area contributed by atoms with Crippen molar-refractivity contribution in [3.63, 3.8) is 0 Å². The van der Waals surface area contributed by atoms with Crippen LogP contribution in [0.3, 0.4) is 0 Å².